The van der Waals surface area contributed by atoms with Crippen LogP contribution in [0.1, 0.15) is 11.1 Å². The molecular weight excluding hydrogens is 276 g/mol. The average Bonchev–Trinajstić information content (AvgIpc) is 2.60. The van der Waals surface area contributed by atoms with E-state index >= 15 is 0 Å². The van der Waals surface area contributed by atoms with Gasteiger partial charge in [0.05, 0.1) is 0 Å². The Hall–Kier alpha value is -3.02. The number of hydrogen-bond donors (Lipinski definition) is 2. The molecule has 0 bridgehead atoms. The van der Waals surface area contributed by atoms with Crippen LogP contribution in [0.2, 0.25) is 0 Å². The summed E-state index contributed by atoms with van der Waals surface area (Å²) in [5, 5.41) is 6.44. The van der Waals surface area contributed by atoms with Crippen molar-refractivity contribution in [2.24, 2.45) is 0 Å². The lowest BCUT2D eigenvalue weighted by Gasteiger charge is -2.08. The highest BCUT2D eigenvalue weighted by Crippen LogP contribution is 2.09. The number of hydrogen-bond acceptors (Lipinski definition) is 6. The van der Waals surface area contributed by atoms with Gasteiger partial charge in [0.2, 0.25) is 5.95 Å². The molecule has 6 heteroatoms. The summed E-state index contributed by atoms with van der Waals surface area (Å²) in [5.41, 5.74) is 2.19. The first-order chi connectivity index (χ1) is 10.9. The number of pyridine rings is 2. The zero-order valence-electron chi connectivity index (χ0n) is 12.0. The Kier molecular flexibility index (Phi) is 4.51. The van der Waals surface area contributed by atoms with Gasteiger partial charge in [0.15, 0.2) is 0 Å². The third-order valence-corrected chi connectivity index (χ3v) is 3.03. The van der Waals surface area contributed by atoms with Crippen LogP contribution in [0.5, 0.6) is 0 Å². The van der Waals surface area contributed by atoms with E-state index in [-0.39, 0.29) is 0 Å². The van der Waals surface area contributed by atoms with Crippen LogP contribution in [0.25, 0.3) is 0 Å². The van der Waals surface area contributed by atoms with E-state index in [1.165, 1.54) is 0 Å². The Labute approximate surface area is 128 Å². The monoisotopic (exact) mass is 292 g/mol. The van der Waals surface area contributed by atoms with E-state index < -0.39 is 0 Å². The Morgan fingerprint density at radius 3 is 2.09 bits per heavy atom. The number of rotatable bonds is 6. The highest BCUT2D eigenvalue weighted by Gasteiger charge is 2.00. The van der Waals surface area contributed by atoms with Crippen LogP contribution >= 0.6 is 0 Å². The van der Waals surface area contributed by atoms with Gasteiger partial charge in [0.1, 0.15) is 5.82 Å². The molecule has 0 fully saturated rings. The van der Waals surface area contributed by atoms with Gasteiger partial charge in [-0.25, -0.2) is 4.98 Å². The summed E-state index contributed by atoms with van der Waals surface area (Å²) in [6.45, 7) is 1.31. The lowest BCUT2D eigenvalue weighted by molar-refractivity contribution is 1.02. The Morgan fingerprint density at radius 1 is 0.773 bits per heavy atom. The normalized spacial score (nSPS) is 10.2. The van der Waals surface area contributed by atoms with E-state index in [4.69, 9.17) is 0 Å². The number of anilines is 2. The van der Waals surface area contributed by atoms with E-state index in [0.29, 0.717) is 19.0 Å². The SMILES string of the molecule is c1cncc(CNc2ccnc(NCc3cccnc3)n2)c1. The van der Waals surface area contributed by atoms with Gasteiger partial charge in [0.25, 0.3) is 0 Å². The standard InChI is InChI=1S/C16H16N6/c1-3-13(9-17-6-1)11-20-15-5-8-19-16(22-15)21-12-14-4-2-7-18-10-14/h1-10H,11-12H2,(H2,19,20,21,22). The van der Waals surface area contributed by atoms with Crippen molar-refractivity contribution in [1.82, 2.24) is 19.9 Å². The molecule has 3 heterocycles. The predicted octanol–water partition coefficient (Wildman–Crippen LogP) is 2.49. The zero-order chi connectivity index (χ0) is 15.0. The molecule has 0 saturated heterocycles. The fraction of sp³-hybridized carbons (Fsp3) is 0.125. The van der Waals surface area contributed by atoms with Gasteiger partial charge in [-0.2, -0.15) is 4.98 Å². The second kappa shape index (κ2) is 7.12. The highest BCUT2D eigenvalue weighted by molar-refractivity contribution is 5.40. The zero-order valence-corrected chi connectivity index (χ0v) is 12.0. The molecule has 3 aromatic heterocycles. The summed E-state index contributed by atoms with van der Waals surface area (Å²) >= 11 is 0. The molecule has 22 heavy (non-hydrogen) atoms. The molecule has 0 aliphatic carbocycles. The van der Waals surface area contributed by atoms with Crippen LogP contribution < -0.4 is 10.6 Å². The van der Waals surface area contributed by atoms with Crippen LogP contribution in [0.15, 0.2) is 61.3 Å². The number of aromatic nitrogens is 4. The molecule has 0 aliphatic heterocycles. The van der Waals surface area contributed by atoms with Crippen LogP contribution in [0, 0.1) is 0 Å². The fourth-order valence-corrected chi connectivity index (χ4v) is 1.92. The molecular formula is C16H16N6. The maximum atomic E-state index is 4.43. The molecule has 2 N–H and O–H groups in total. The van der Waals surface area contributed by atoms with E-state index in [1.54, 1.807) is 18.6 Å². The summed E-state index contributed by atoms with van der Waals surface area (Å²) in [7, 11) is 0. The van der Waals surface area contributed by atoms with Gasteiger partial charge in [0, 0.05) is 44.1 Å². The van der Waals surface area contributed by atoms with Gasteiger partial charge >= 0.3 is 0 Å². The molecule has 3 aromatic rings. The molecule has 6 nitrogen and oxygen atoms in total. The molecule has 0 aromatic carbocycles. The third-order valence-electron chi connectivity index (χ3n) is 3.03. The first kappa shape index (κ1) is 13.9. The maximum Gasteiger partial charge on any atom is 0.224 e. The van der Waals surface area contributed by atoms with Crippen molar-refractivity contribution in [3.05, 3.63) is 72.4 Å². The van der Waals surface area contributed by atoms with Crippen molar-refractivity contribution in [2.45, 2.75) is 13.1 Å². The van der Waals surface area contributed by atoms with Crippen LogP contribution in [0.4, 0.5) is 11.8 Å². The average molecular weight is 292 g/mol. The van der Waals surface area contributed by atoms with Crippen molar-refractivity contribution in [3.63, 3.8) is 0 Å². The minimum absolute atomic E-state index is 0.583. The minimum atomic E-state index is 0.583. The molecule has 0 radical (unpaired) electrons. The van der Waals surface area contributed by atoms with E-state index in [9.17, 15) is 0 Å². The highest BCUT2D eigenvalue weighted by atomic mass is 15.1. The molecule has 0 aliphatic rings. The molecule has 110 valence electrons. The predicted molar refractivity (Wildman–Crippen MR) is 85.2 cm³/mol. The van der Waals surface area contributed by atoms with E-state index in [2.05, 4.69) is 30.6 Å². The van der Waals surface area contributed by atoms with Crippen LogP contribution in [-0.2, 0) is 13.1 Å². The summed E-state index contributed by atoms with van der Waals surface area (Å²) in [5.74, 6) is 1.35. The lowest BCUT2D eigenvalue weighted by Crippen LogP contribution is -2.07. The summed E-state index contributed by atoms with van der Waals surface area (Å²) in [6, 6.07) is 9.68. The van der Waals surface area contributed by atoms with Crippen molar-refractivity contribution in [1.29, 1.82) is 0 Å². The quantitative estimate of drug-likeness (QED) is 0.727. The van der Waals surface area contributed by atoms with Gasteiger partial charge < -0.3 is 10.6 Å². The third kappa shape index (κ3) is 3.99. The summed E-state index contributed by atoms with van der Waals surface area (Å²) < 4.78 is 0. The van der Waals surface area contributed by atoms with Gasteiger partial charge in [-0.3, -0.25) is 9.97 Å². The number of nitrogens with zero attached hydrogens (tertiary/aromatic N) is 4. The second-order valence-corrected chi connectivity index (χ2v) is 4.70. The van der Waals surface area contributed by atoms with Crippen molar-refractivity contribution in [2.75, 3.05) is 10.6 Å². The Bertz CT molecular complexity index is 643. The van der Waals surface area contributed by atoms with Gasteiger partial charge in [-0.15, -0.1) is 0 Å². The van der Waals surface area contributed by atoms with Crippen LogP contribution in [0.3, 0.4) is 0 Å². The Morgan fingerprint density at radius 2 is 1.45 bits per heavy atom. The molecule has 0 spiro atoms. The van der Waals surface area contributed by atoms with E-state index in [1.807, 2.05) is 42.7 Å². The molecule has 0 unspecified atom stereocenters. The first-order valence-electron chi connectivity index (χ1n) is 6.99. The van der Waals surface area contributed by atoms with Crippen LogP contribution in [-0.4, -0.2) is 19.9 Å². The fourth-order valence-electron chi connectivity index (χ4n) is 1.92. The summed E-state index contributed by atoms with van der Waals surface area (Å²) in [4.78, 5) is 16.8. The molecule has 0 saturated carbocycles. The van der Waals surface area contributed by atoms with Gasteiger partial charge in [-0.1, -0.05) is 12.1 Å². The van der Waals surface area contributed by atoms with Crippen molar-refractivity contribution in [3.8, 4) is 0 Å². The molecule has 0 amide bonds. The summed E-state index contributed by atoms with van der Waals surface area (Å²) in [6.07, 6.45) is 8.88. The molecule has 0 atom stereocenters. The van der Waals surface area contributed by atoms with Gasteiger partial charge in [-0.05, 0) is 29.3 Å². The second-order valence-electron chi connectivity index (χ2n) is 4.70. The first-order valence-corrected chi connectivity index (χ1v) is 6.99. The van der Waals surface area contributed by atoms with E-state index in [0.717, 1.165) is 16.9 Å². The Balaban J connectivity index is 1.58. The number of nitrogens with one attached hydrogen (secondary N) is 2. The largest absolute Gasteiger partial charge is 0.366 e. The lowest BCUT2D eigenvalue weighted by atomic mass is 10.3. The smallest absolute Gasteiger partial charge is 0.224 e. The van der Waals surface area contributed by atoms with Crippen molar-refractivity contribution >= 4 is 11.8 Å². The minimum Gasteiger partial charge on any atom is -0.366 e. The van der Waals surface area contributed by atoms with Crippen molar-refractivity contribution < 1.29 is 0 Å². The maximum absolute atomic E-state index is 4.43. The topological polar surface area (TPSA) is 75.6 Å². The molecule has 3 rings (SSSR count).